The van der Waals surface area contributed by atoms with Crippen molar-refractivity contribution in [1.29, 1.82) is 0 Å². The molecule has 6 nitrogen and oxygen atoms in total. The molecular formula is C26H19FN2O4. The Morgan fingerprint density at radius 2 is 1.55 bits per heavy atom. The number of hydrogen-bond donors (Lipinski definition) is 1. The summed E-state index contributed by atoms with van der Waals surface area (Å²) in [7, 11) is 0. The van der Waals surface area contributed by atoms with Gasteiger partial charge in [-0.1, -0.05) is 42.5 Å². The van der Waals surface area contributed by atoms with Gasteiger partial charge in [0.05, 0.1) is 11.8 Å². The van der Waals surface area contributed by atoms with Crippen molar-refractivity contribution in [2.45, 2.75) is 0 Å². The molecule has 164 valence electrons. The molecule has 0 saturated heterocycles. The summed E-state index contributed by atoms with van der Waals surface area (Å²) in [4.78, 5) is 24.0. The highest BCUT2D eigenvalue weighted by molar-refractivity contribution is 5.91. The van der Waals surface area contributed by atoms with Gasteiger partial charge in [0.2, 0.25) is 0 Å². The van der Waals surface area contributed by atoms with E-state index in [4.69, 9.17) is 9.47 Å². The van der Waals surface area contributed by atoms with E-state index in [1.807, 2.05) is 36.4 Å². The lowest BCUT2D eigenvalue weighted by Crippen LogP contribution is -2.24. The zero-order valence-corrected chi connectivity index (χ0v) is 17.4. The second-order valence-electron chi connectivity index (χ2n) is 7.03. The van der Waals surface area contributed by atoms with E-state index in [2.05, 4.69) is 10.5 Å². The third kappa shape index (κ3) is 5.80. The zero-order valence-electron chi connectivity index (χ0n) is 17.4. The molecule has 0 aromatic heterocycles. The van der Waals surface area contributed by atoms with E-state index in [1.54, 1.807) is 36.4 Å². The summed E-state index contributed by atoms with van der Waals surface area (Å²) in [5, 5.41) is 6.01. The first-order valence-corrected chi connectivity index (χ1v) is 10.1. The van der Waals surface area contributed by atoms with Crippen LogP contribution in [0.2, 0.25) is 0 Å². The molecule has 0 aliphatic heterocycles. The molecule has 0 fully saturated rings. The number of halogens is 1. The minimum absolute atomic E-state index is 0.142. The van der Waals surface area contributed by atoms with Gasteiger partial charge in [-0.3, -0.25) is 4.79 Å². The second kappa shape index (κ2) is 10.2. The Labute approximate surface area is 189 Å². The highest BCUT2D eigenvalue weighted by atomic mass is 19.1. The van der Waals surface area contributed by atoms with Crippen molar-refractivity contribution >= 4 is 28.9 Å². The average molecular weight is 442 g/mol. The predicted octanol–water partition coefficient (Wildman–Crippen LogP) is 4.73. The van der Waals surface area contributed by atoms with E-state index in [0.29, 0.717) is 11.3 Å². The summed E-state index contributed by atoms with van der Waals surface area (Å²) in [5.41, 5.74) is 2.91. The van der Waals surface area contributed by atoms with E-state index in [1.165, 1.54) is 24.4 Å². The lowest BCUT2D eigenvalue weighted by molar-refractivity contribution is -0.123. The van der Waals surface area contributed by atoms with Gasteiger partial charge in [0.25, 0.3) is 5.91 Å². The number of fused-ring (bicyclic) bond motifs is 1. The van der Waals surface area contributed by atoms with Crippen LogP contribution in [0.1, 0.15) is 15.9 Å². The third-order valence-corrected chi connectivity index (χ3v) is 4.68. The SMILES string of the molecule is O=C(COc1ccc2ccccc2c1)NN=Cc1ccc(OC(=O)c2ccccc2F)cc1. The Balaban J connectivity index is 1.26. The van der Waals surface area contributed by atoms with Crippen LogP contribution in [0, 0.1) is 5.82 Å². The van der Waals surface area contributed by atoms with Gasteiger partial charge < -0.3 is 9.47 Å². The lowest BCUT2D eigenvalue weighted by atomic mass is 10.1. The van der Waals surface area contributed by atoms with Gasteiger partial charge in [-0.25, -0.2) is 14.6 Å². The van der Waals surface area contributed by atoms with Gasteiger partial charge in [0.15, 0.2) is 6.61 Å². The van der Waals surface area contributed by atoms with Gasteiger partial charge in [-0.15, -0.1) is 0 Å². The Kier molecular flexibility index (Phi) is 6.70. The molecule has 33 heavy (non-hydrogen) atoms. The maximum Gasteiger partial charge on any atom is 0.346 e. The van der Waals surface area contributed by atoms with Crippen LogP contribution in [-0.2, 0) is 4.79 Å². The molecule has 7 heteroatoms. The number of amides is 1. The highest BCUT2D eigenvalue weighted by Gasteiger charge is 2.13. The number of esters is 1. The first-order valence-electron chi connectivity index (χ1n) is 10.1. The molecule has 0 saturated carbocycles. The standard InChI is InChI=1S/C26H19FN2O4/c27-24-8-4-3-7-23(24)26(31)33-21-12-9-18(10-13-21)16-28-29-25(30)17-32-22-14-11-19-5-1-2-6-20(19)15-22/h1-16H,17H2,(H,29,30). The maximum atomic E-state index is 13.7. The van der Waals surface area contributed by atoms with E-state index < -0.39 is 17.7 Å². The van der Waals surface area contributed by atoms with Gasteiger partial charge in [-0.2, -0.15) is 5.10 Å². The summed E-state index contributed by atoms with van der Waals surface area (Å²) >= 11 is 0. The molecule has 0 unspecified atom stereocenters. The number of ether oxygens (including phenoxy) is 2. The quantitative estimate of drug-likeness (QED) is 0.194. The number of nitrogens with zero attached hydrogens (tertiary/aromatic N) is 1. The van der Waals surface area contributed by atoms with Crippen molar-refractivity contribution < 1.29 is 23.5 Å². The normalized spacial score (nSPS) is 10.8. The van der Waals surface area contributed by atoms with Gasteiger partial charge >= 0.3 is 5.97 Å². The minimum atomic E-state index is -0.784. The topological polar surface area (TPSA) is 77.0 Å². The number of rotatable bonds is 7. The number of nitrogens with one attached hydrogen (secondary N) is 1. The second-order valence-corrected chi connectivity index (χ2v) is 7.03. The molecule has 0 aliphatic rings. The lowest BCUT2D eigenvalue weighted by Gasteiger charge is -2.06. The Hall–Kier alpha value is -4.52. The molecule has 0 atom stereocenters. The van der Waals surface area contributed by atoms with Crippen LogP contribution in [0.4, 0.5) is 4.39 Å². The number of benzene rings is 4. The smallest absolute Gasteiger partial charge is 0.346 e. The van der Waals surface area contributed by atoms with E-state index in [0.717, 1.165) is 10.8 Å². The van der Waals surface area contributed by atoms with Crippen molar-refractivity contribution in [2.24, 2.45) is 5.10 Å². The van der Waals surface area contributed by atoms with Crippen molar-refractivity contribution in [3.63, 3.8) is 0 Å². The van der Waals surface area contributed by atoms with Crippen LogP contribution in [-0.4, -0.2) is 24.7 Å². The van der Waals surface area contributed by atoms with Crippen LogP contribution < -0.4 is 14.9 Å². The van der Waals surface area contributed by atoms with Gasteiger partial charge in [0.1, 0.15) is 17.3 Å². The summed E-state index contributed by atoms with van der Waals surface area (Å²) in [5.74, 6) is -0.990. The fourth-order valence-corrected chi connectivity index (χ4v) is 3.03. The molecule has 0 aliphatic carbocycles. The average Bonchev–Trinajstić information content (AvgIpc) is 2.84. The van der Waals surface area contributed by atoms with Gasteiger partial charge in [-0.05, 0) is 64.9 Å². The molecule has 0 radical (unpaired) electrons. The molecule has 4 aromatic rings. The first kappa shape index (κ1) is 21.7. The van der Waals surface area contributed by atoms with Crippen molar-refractivity contribution in [2.75, 3.05) is 6.61 Å². The van der Waals surface area contributed by atoms with Crippen LogP contribution >= 0.6 is 0 Å². The maximum absolute atomic E-state index is 13.7. The number of carbonyl (C=O) groups excluding carboxylic acids is 2. The Bertz CT molecular complexity index is 1320. The molecule has 0 spiro atoms. The fourth-order valence-electron chi connectivity index (χ4n) is 3.03. The summed E-state index contributed by atoms with van der Waals surface area (Å²) in [6.07, 6.45) is 1.44. The van der Waals surface area contributed by atoms with Gasteiger partial charge in [0, 0.05) is 0 Å². The highest BCUT2D eigenvalue weighted by Crippen LogP contribution is 2.20. The summed E-state index contributed by atoms with van der Waals surface area (Å²) in [6, 6.07) is 25.4. The number of hydrogen-bond acceptors (Lipinski definition) is 5. The Morgan fingerprint density at radius 3 is 2.33 bits per heavy atom. The summed E-state index contributed by atoms with van der Waals surface area (Å²) in [6.45, 7) is -0.180. The first-order chi connectivity index (χ1) is 16.1. The molecule has 1 N–H and O–H groups in total. The van der Waals surface area contributed by atoms with Crippen molar-refractivity contribution in [3.05, 3.63) is 108 Å². The molecule has 4 aromatic carbocycles. The molecule has 1 amide bonds. The van der Waals surface area contributed by atoms with Crippen molar-refractivity contribution in [3.8, 4) is 11.5 Å². The van der Waals surface area contributed by atoms with Crippen LogP contribution in [0.5, 0.6) is 11.5 Å². The predicted molar refractivity (Wildman–Crippen MR) is 123 cm³/mol. The molecular weight excluding hydrogens is 423 g/mol. The van der Waals surface area contributed by atoms with Crippen molar-refractivity contribution in [1.82, 2.24) is 5.43 Å². The fraction of sp³-hybridized carbons (Fsp3) is 0.0385. The number of carbonyl (C=O) groups is 2. The minimum Gasteiger partial charge on any atom is -0.484 e. The zero-order chi connectivity index (χ0) is 23.0. The molecule has 0 heterocycles. The van der Waals surface area contributed by atoms with Crippen LogP contribution in [0.25, 0.3) is 10.8 Å². The molecule has 4 rings (SSSR count). The third-order valence-electron chi connectivity index (χ3n) is 4.68. The van der Waals surface area contributed by atoms with E-state index in [9.17, 15) is 14.0 Å². The Morgan fingerprint density at radius 1 is 0.848 bits per heavy atom. The molecule has 0 bridgehead atoms. The van der Waals surface area contributed by atoms with Crippen LogP contribution in [0.3, 0.4) is 0 Å². The summed E-state index contributed by atoms with van der Waals surface area (Å²) < 4.78 is 24.3. The number of hydrazone groups is 1. The van der Waals surface area contributed by atoms with Crippen LogP contribution in [0.15, 0.2) is 96.1 Å². The largest absolute Gasteiger partial charge is 0.484 e. The monoisotopic (exact) mass is 442 g/mol. The van der Waals surface area contributed by atoms with E-state index >= 15 is 0 Å². The van der Waals surface area contributed by atoms with E-state index in [-0.39, 0.29) is 17.9 Å².